The Bertz CT molecular complexity index is 751. The third kappa shape index (κ3) is 4.63. The topological polar surface area (TPSA) is 38.3 Å². The van der Waals surface area contributed by atoms with Gasteiger partial charge in [-0.1, -0.05) is 31.2 Å². The van der Waals surface area contributed by atoms with Crippen molar-refractivity contribution in [1.82, 2.24) is 0 Å². The Morgan fingerprint density at radius 1 is 1.20 bits per heavy atom. The molecular formula is C21H24BrNO2. The van der Waals surface area contributed by atoms with Gasteiger partial charge in [0.2, 0.25) is 5.91 Å². The van der Waals surface area contributed by atoms with E-state index in [1.54, 1.807) is 0 Å². The number of amides is 1. The Balaban J connectivity index is 1.86. The maximum Gasteiger partial charge on any atom is 0.221 e. The summed E-state index contributed by atoms with van der Waals surface area (Å²) in [5, 5.41) is 2.95. The van der Waals surface area contributed by atoms with Crippen LogP contribution >= 0.6 is 15.9 Å². The quantitative estimate of drug-likeness (QED) is 0.694. The molecule has 25 heavy (non-hydrogen) atoms. The minimum Gasteiger partial charge on any atom is -0.489 e. The van der Waals surface area contributed by atoms with E-state index in [1.807, 2.05) is 6.07 Å². The van der Waals surface area contributed by atoms with Crippen molar-refractivity contribution in [1.29, 1.82) is 0 Å². The Hall–Kier alpha value is -1.81. The van der Waals surface area contributed by atoms with Gasteiger partial charge in [0, 0.05) is 18.7 Å². The van der Waals surface area contributed by atoms with Crippen LogP contribution in [0.3, 0.4) is 0 Å². The zero-order valence-corrected chi connectivity index (χ0v) is 16.4. The first kappa shape index (κ1) is 18.0. The van der Waals surface area contributed by atoms with Crippen LogP contribution in [0.25, 0.3) is 0 Å². The number of rotatable bonds is 6. The number of hydrogen-bond donors (Lipinski definition) is 1. The molecule has 0 saturated heterocycles. The standard InChI is InChI=1S/C21H24BrNO2/c1-3-15-7-9-16(10-8-15)11-17-12-19(22)21(25-18-5-4-6-18)13-20(17)23-14(2)24/h7-10,12-13,18H,3-6,11H2,1-2H3,(H,23,24). The molecular weight excluding hydrogens is 378 g/mol. The summed E-state index contributed by atoms with van der Waals surface area (Å²) >= 11 is 3.63. The molecule has 0 heterocycles. The summed E-state index contributed by atoms with van der Waals surface area (Å²) in [6.45, 7) is 3.69. The van der Waals surface area contributed by atoms with Crippen molar-refractivity contribution in [3.05, 3.63) is 57.6 Å². The SMILES string of the molecule is CCc1ccc(Cc2cc(Br)c(OC3CCC3)cc2NC(C)=O)cc1. The Labute approximate surface area is 157 Å². The number of hydrogen-bond acceptors (Lipinski definition) is 2. The molecule has 4 heteroatoms. The third-order valence-corrected chi connectivity index (χ3v) is 5.26. The number of carbonyl (C=O) groups excluding carboxylic acids is 1. The lowest BCUT2D eigenvalue weighted by molar-refractivity contribution is -0.114. The third-order valence-electron chi connectivity index (χ3n) is 4.64. The van der Waals surface area contributed by atoms with Gasteiger partial charge in [-0.15, -0.1) is 0 Å². The lowest BCUT2D eigenvalue weighted by Crippen LogP contribution is -2.24. The molecule has 0 aliphatic heterocycles. The highest BCUT2D eigenvalue weighted by Gasteiger charge is 2.21. The van der Waals surface area contributed by atoms with Crippen LogP contribution in [0.15, 0.2) is 40.9 Å². The molecule has 1 fully saturated rings. The Kier molecular flexibility index (Phi) is 5.79. The Morgan fingerprint density at radius 3 is 2.44 bits per heavy atom. The van der Waals surface area contributed by atoms with Crippen LogP contribution in [-0.4, -0.2) is 12.0 Å². The average Bonchev–Trinajstić information content (AvgIpc) is 2.54. The lowest BCUT2D eigenvalue weighted by Gasteiger charge is -2.27. The minimum absolute atomic E-state index is 0.0699. The highest BCUT2D eigenvalue weighted by Crippen LogP contribution is 2.36. The van der Waals surface area contributed by atoms with Gasteiger partial charge in [0.05, 0.1) is 10.6 Å². The van der Waals surface area contributed by atoms with Gasteiger partial charge >= 0.3 is 0 Å². The second kappa shape index (κ2) is 8.05. The van der Waals surface area contributed by atoms with Gasteiger partial charge in [-0.05, 0) is 70.8 Å². The summed E-state index contributed by atoms with van der Waals surface area (Å²) < 4.78 is 6.98. The van der Waals surface area contributed by atoms with Crippen molar-refractivity contribution < 1.29 is 9.53 Å². The molecule has 1 aliphatic carbocycles. The van der Waals surface area contributed by atoms with Crippen LogP contribution in [0.5, 0.6) is 5.75 Å². The van der Waals surface area contributed by atoms with Crippen LogP contribution in [0.1, 0.15) is 49.8 Å². The van der Waals surface area contributed by atoms with E-state index >= 15 is 0 Å². The number of nitrogens with one attached hydrogen (secondary N) is 1. The predicted octanol–water partition coefficient (Wildman–Crippen LogP) is 5.49. The van der Waals surface area contributed by atoms with Gasteiger partial charge in [-0.25, -0.2) is 0 Å². The average molecular weight is 402 g/mol. The van der Waals surface area contributed by atoms with Crippen molar-refractivity contribution in [3.63, 3.8) is 0 Å². The Morgan fingerprint density at radius 2 is 1.88 bits per heavy atom. The molecule has 0 aromatic heterocycles. The molecule has 2 aromatic rings. The van der Waals surface area contributed by atoms with E-state index in [-0.39, 0.29) is 5.91 Å². The number of carbonyl (C=O) groups is 1. The largest absolute Gasteiger partial charge is 0.489 e. The summed E-state index contributed by atoms with van der Waals surface area (Å²) in [7, 11) is 0. The first-order chi connectivity index (χ1) is 12.0. The first-order valence-electron chi connectivity index (χ1n) is 8.89. The number of benzene rings is 2. The molecule has 0 atom stereocenters. The highest BCUT2D eigenvalue weighted by molar-refractivity contribution is 9.10. The molecule has 0 spiro atoms. The maximum atomic E-state index is 11.6. The molecule has 1 aliphatic rings. The fourth-order valence-electron chi connectivity index (χ4n) is 2.92. The van der Waals surface area contributed by atoms with Crippen LogP contribution in [0, 0.1) is 0 Å². The van der Waals surface area contributed by atoms with E-state index < -0.39 is 0 Å². The first-order valence-corrected chi connectivity index (χ1v) is 9.69. The van der Waals surface area contributed by atoms with Crippen LogP contribution < -0.4 is 10.1 Å². The lowest BCUT2D eigenvalue weighted by atomic mass is 9.96. The molecule has 0 radical (unpaired) electrons. The normalized spacial score (nSPS) is 14.0. The van der Waals surface area contributed by atoms with Gasteiger partial charge in [0.25, 0.3) is 0 Å². The molecule has 3 rings (SSSR count). The predicted molar refractivity (Wildman–Crippen MR) is 105 cm³/mol. The van der Waals surface area contributed by atoms with Crippen molar-refractivity contribution in [2.45, 2.75) is 52.1 Å². The number of aryl methyl sites for hydroxylation is 1. The van der Waals surface area contributed by atoms with Gasteiger partial charge < -0.3 is 10.1 Å². The zero-order chi connectivity index (χ0) is 17.8. The van der Waals surface area contributed by atoms with E-state index in [2.05, 4.69) is 58.5 Å². The molecule has 1 saturated carbocycles. The van der Waals surface area contributed by atoms with Gasteiger partial charge in [-0.3, -0.25) is 4.79 Å². The van der Waals surface area contributed by atoms with E-state index in [1.165, 1.54) is 24.5 Å². The number of anilines is 1. The molecule has 1 N–H and O–H groups in total. The number of halogens is 1. The second-order valence-electron chi connectivity index (χ2n) is 6.64. The van der Waals surface area contributed by atoms with Crippen molar-refractivity contribution in [2.24, 2.45) is 0 Å². The van der Waals surface area contributed by atoms with Crippen LogP contribution in [0.4, 0.5) is 5.69 Å². The summed E-state index contributed by atoms with van der Waals surface area (Å²) in [6, 6.07) is 12.6. The smallest absolute Gasteiger partial charge is 0.221 e. The molecule has 132 valence electrons. The fourth-order valence-corrected chi connectivity index (χ4v) is 3.40. The maximum absolute atomic E-state index is 11.6. The van der Waals surface area contributed by atoms with Crippen molar-refractivity contribution in [2.75, 3.05) is 5.32 Å². The fraction of sp³-hybridized carbons (Fsp3) is 0.381. The highest BCUT2D eigenvalue weighted by atomic mass is 79.9. The van der Waals surface area contributed by atoms with Crippen molar-refractivity contribution in [3.8, 4) is 5.75 Å². The van der Waals surface area contributed by atoms with E-state index in [9.17, 15) is 4.79 Å². The number of ether oxygens (including phenoxy) is 1. The van der Waals surface area contributed by atoms with E-state index in [4.69, 9.17) is 4.74 Å². The minimum atomic E-state index is -0.0699. The van der Waals surface area contributed by atoms with Gasteiger partial charge in [0.15, 0.2) is 0 Å². The second-order valence-corrected chi connectivity index (χ2v) is 7.49. The van der Waals surface area contributed by atoms with Gasteiger partial charge in [0.1, 0.15) is 5.75 Å². The molecule has 0 bridgehead atoms. The summed E-state index contributed by atoms with van der Waals surface area (Å²) in [5.74, 6) is 0.734. The molecule has 3 nitrogen and oxygen atoms in total. The molecule has 1 amide bonds. The van der Waals surface area contributed by atoms with Gasteiger partial charge in [-0.2, -0.15) is 0 Å². The van der Waals surface area contributed by atoms with E-state index in [0.29, 0.717) is 6.10 Å². The van der Waals surface area contributed by atoms with Crippen molar-refractivity contribution >= 4 is 27.5 Å². The zero-order valence-electron chi connectivity index (χ0n) is 14.8. The van der Waals surface area contributed by atoms with Crippen LogP contribution in [0.2, 0.25) is 0 Å². The summed E-state index contributed by atoms with van der Waals surface area (Å²) in [4.78, 5) is 11.6. The molecule has 2 aromatic carbocycles. The monoisotopic (exact) mass is 401 g/mol. The molecule has 0 unspecified atom stereocenters. The van der Waals surface area contributed by atoms with Crippen LogP contribution in [-0.2, 0) is 17.6 Å². The summed E-state index contributed by atoms with van der Waals surface area (Å²) in [6.07, 6.45) is 5.54. The van der Waals surface area contributed by atoms with E-state index in [0.717, 1.165) is 47.2 Å². The summed E-state index contributed by atoms with van der Waals surface area (Å²) in [5.41, 5.74) is 4.46.